The molecule has 0 aromatic carbocycles. The van der Waals surface area contributed by atoms with Crippen LogP contribution >= 0.6 is 0 Å². The van der Waals surface area contributed by atoms with E-state index in [1.807, 2.05) is 0 Å². The summed E-state index contributed by atoms with van der Waals surface area (Å²) < 4.78 is 5.16. The molecule has 0 spiro atoms. The van der Waals surface area contributed by atoms with Crippen LogP contribution in [0.5, 0.6) is 0 Å². The van der Waals surface area contributed by atoms with Gasteiger partial charge in [0.1, 0.15) is 0 Å². The lowest BCUT2D eigenvalue weighted by atomic mass is 10.3. The first-order chi connectivity index (χ1) is 7.24. The number of aliphatic hydroxyl groups is 1. The summed E-state index contributed by atoms with van der Waals surface area (Å²) in [4.78, 5) is 2.40. The molecule has 0 saturated heterocycles. The summed E-state index contributed by atoms with van der Waals surface area (Å²) >= 11 is 0. The molecular weight excluding hydrogens is 192 g/mol. The Kier molecular flexibility index (Phi) is 10.3. The molecule has 0 heterocycles. The maximum absolute atomic E-state index is 8.51. The van der Waals surface area contributed by atoms with Crippen molar-refractivity contribution in [3.8, 4) is 0 Å². The Morgan fingerprint density at radius 1 is 1.27 bits per heavy atom. The third kappa shape index (κ3) is 8.81. The molecule has 0 amide bonds. The van der Waals surface area contributed by atoms with Crippen molar-refractivity contribution in [1.82, 2.24) is 10.2 Å². The summed E-state index contributed by atoms with van der Waals surface area (Å²) in [5, 5.41) is 11.9. The van der Waals surface area contributed by atoms with E-state index in [0.29, 0.717) is 19.3 Å². The minimum absolute atomic E-state index is 0.106. The van der Waals surface area contributed by atoms with Gasteiger partial charge in [-0.05, 0) is 20.0 Å². The van der Waals surface area contributed by atoms with Crippen LogP contribution in [0.1, 0.15) is 20.8 Å². The number of rotatable bonds is 10. The molecule has 0 aliphatic carbocycles. The molecule has 0 aromatic rings. The normalized spacial score (nSPS) is 13.4. The van der Waals surface area contributed by atoms with Crippen molar-refractivity contribution in [2.24, 2.45) is 0 Å². The molecule has 92 valence electrons. The van der Waals surface area contributed by atoms with Gasteiger partial charge >= 0.3 is 0 Å². The summed E-state index contributed by atoms with van der Waals surface area (Å²) in [7, 11) is 0. The standard InChI is InChI=1S/C11H26N2O2/c1-4-13(5-2)10-11(3)12-6-8-15-9-7-14/h11-12,14H,4-10H2,1-3H3. The number of ether oxygens (including phenoxy) is 1. The highest BCUT2D eigenvalue weighted by molar-refractivity contribution is 4.65. The van der Waals surface area contributed by atoms with Crippen LogP contribution in [-0.4, -0.2) is 62.0 Å². The van der Waals surface area contributed by atoms with E-state index < -0.39 is 0 Å². The first-order valence-corrected chi connectivity index (χ1v) is 5.88. The van der Waals surface area contributed by atoms with Crippen molar-refractivity contribution in [3.63, 3.8) is 0 Å². The highest BCUT2D eigenvalue weighted by Gasteiger charge is 2.05. The van der Waals surface area contributed by atoms with Gasteiger partial charge in [0.2, 0.25) is 0 Å². The lowest BCUT2D eigenvalue weighted by Gasteiger charge is -2.23. The summed E-state index contributed by atoms with van der Waals surface area (Å²) in [5.74, 6) is 0. The first-order valence-electron chi connectivity index (χ1n) is 5.88. The maximum atomic E-state index is 8.51. The Labute approximate surface area is 93.6 Å². The lowest BCUT2D eigenvalue weighted by molar-refractivity contribution is 0.0920. The Hall–Kier alpha value is -0.160. The summed E-state index contributed by atoms with van der Waals surface area (Å²) in [6.45, 7) is 11.9. The van der Waals surface area contributed by atoms with Crippen LogP contribution in [0.4, 0.5) is 0 Å². The zero-order valence-corrected chi connectivity index (χ0v) is 10.3. The van der Waals surface area contributed by atoms with Crippen molar-refractivity contribution in [1.29, 1.82) is 0 Å². The van der Waals surface area contributed by atoms with Gasteiger partial charge in [0, 0.05) is 19.1 Å². The fraction of sp³-hybridized carbons (Fsp3) is 1.00. The molecule has 2 N–H and O–H groups in total. The molecule has 0 radical (unpaired) electrons. The minimum atomic E-state index is 0.106. The molecule has 0 fully saturated rings. The number of nitrogens with one attached hydrogen (secondary N) is 1. The van der Waals surface area contributed by atoms with E-state index >= 15 is 0 Å². The second-order valence-electron chi connectivity index (χ2n) is 3.68. The molecule has 0 bridgehead atoms. The van der Waals surface area contributed by atoms with Crippen LogP contribution in [0.15, 0.2) is 0 Å². The Balaban J connectivity index is 3.35. The zero-order valence-electron chi connectivity index (χ0n) is 10.3. The molecule has 0 saturated carbocycles. The van der Waals surface area contributed by atoms with Crippen molar-refractivity contribution in [2.45, 2.75) is 26.8 Å². The largest absolute Gasteiger partial charge is 0.394 e. The van der Waals surface area contributed by atoms with E-state index in [1.54, 1.807) is 0 Å². The second kappa shape index (κ2) is 10.4. The third-order valence-electron chi connectivity index (χ3n) is 2.40. The molecule has 0 aromatic heterocycles. The smallest absolute Gasteiger partial charge is 0.0698 e. The number of aliphatic hydroxyl groups excluding tert-OH is 1. The van der Waals surface area contributed by atoms with Gasteiger partial charge in [-0.15, -0.1) is 0 Å². The van der Waals surface area contributed by atoms with Crippen molar-refractivity contribution >= 4 is 0 Å². The monoisotopic (exact) mass is 218 g/mol. The van der Waals surface area contributed by atoms with Gasteiger partial charge in [-0.3, -0.25) is 0 Å². The molecule has 0 aliphatic rings. The van der Waals surface area contributed by atoms with Crippen molar-refractivity contribution in [2.75, 3.05) is 46.0 Å². The summed E-state index contributed by atoms with van der Waals surface area (Å²) in [6, 6.07) is 0.489. The fourth-order valence-electron chi connectivity index (χ4n) is 1.48. The van der Waals surface area contributed by atoms with Gasteiger partial charge < -0.3 is 20.1 Å². The highest BCUT2D eigenvalue weighted by Crippen LogP contribution is 1.91. The maximum Gasteiger partial charge on any atom is 0.0698 e. The van der Waals surface area contributed by atoms with Gasteiger partial charge in [-0.25, -0.2) is 0 Å². The Morgan fingerprint density at radius 3 is 2.47 bits per heavy atom. The van der Waals surface area contributed by atoms with Crippen molar-refractivity contribution in [3.05, 3.63) is 0 Å². The Morgan fingerprint density at radius 2 is 1.93 bits per heavy atom. The van der Waals surface area contributed by atoms with Crippen LogP contribution in [0.2, 0.25) is 0 Å². The van der Waals surface area contributed by atoms with E-state index in [9.17, 15) is 0 Å². The van der Waals surface area contributed by atoms with Gasteiger partial charge in [0.05, 0.1) is 19.8 Å². The number of nitrogens with zero attached hydrogens (tertiary/aromatic N) is 1. The topological polar surface area (TPSA) is 44.7 Å². The van der Waals surface area contributed by atoms with Gasteiger partial charge in [-0.2, -0.15) is 0 Å². The average Bonchev–Trinajstić information content (AvgIpc) is 2.25. The quantitative estimate of drug-likeness (QED) is 0.518. The van der Waals surface area contributed by atoms with E-state index in [1.165, 1.54) is 0 Å². The predicted molar refractivity (Wildman–Crippen MR) is 63.2 cm³/mol. The van der Waals surface area contributed by atoms with Gasteiger partial charge in [-0.1, -0.05) is 13.8 Å². The minimum Gasteiger partial charge on any atom is -0.394 e. The van der Waals surface area contributed by atoms with Crippen LogP contribution < -0.4 is 5.32 Å². The fourth-order valence-corrected chi connectivity index (χ4v) is 1.48. The van der Waals surface area contributed by atoms with E-state index in [4.69, 9.17) is 9.84 Å². The molecule has 1 atom stereocenters. The summed E-state index contributed by atoms with van der Waals surface area (Å²) in [5.41, 5.74) is 0. The molecular formula is C11H26N2O2. The van der Waals surface area contributed by atoms with Crippen molar-refractivity contribution < 1.29 is 9.84 Å². The molecule has 15 heavy (non-hydrogen) atoms. The molecule has 1 unspecified atom stereocenters. The highest BCUT2D eigenvalue weighted by atomic mass is 16.5. The van der Waals surface area contributed by atoms with Crippen LogP contribution in [-0.2, 0) is 4.74 Å². The Bertz CT molecular complexity index is 130. The number of likely N-dealkylation sites (N-methyl/N-ethyl adjacent to an activating group) is 1. The van der Waals surface area contributed by atoms with E-state index in [-0.39, 0.29) is 6.61 Å². The van der Waals surface area contributed by atoms with Crippen LogP contribution in [0.25, 0.3) is 0 Å². The second-order valence-corrected chi connectivity index (χ2v) is 3.68. The van der Waals surface area contributed by atoms with E-state index in [0.717, 1.165) is 26.2 Å². The first kappa shape index (κ1) is 14.8. The van der Waals surface area contributed by atoms with Crippen LogP contribution in [0.3, 0.4) is 0 Å². The predicted octanol–water partition coefficient (Wildman–Crippen LogP) is 0.315. The lowest BCUT2D eigenvalue weighted by Crippen LogP contribution is -2.40. The average molecular weight is 218 g/mol. The van der Waals surface area contributed by atoms with Crippen LogP contribution in [0, 0.1) is 0 Å². The third-order valence-corrected chi connectivity index (χ3v) is 2.40. The summed E-state index contributed by atoms with van der Waals surface area (Å²) in [6.07, 6.45) is 0. The molecule has 4 nitrogen and oxygen atoms in total. The SMILES string of the molecule is CCN(CC)CC(C)NCCOCCO. The molecule has 0 aliphatic heterocycles. The van der Waals surface area contributed by atoms with Gasteiger partial charge in [0.15, 0.2) is 0 Å². The molecule has 4 heteroatoms. The van der Waals surface area contributed by atoms with Gasteiger partial charge in [0.25, 0.3) is 0 Å². The number of hydrogen-bond donors (Lipinski definition) is 2. The molecule has 0 rings (SSSR count). The zero-order chi connectivity index (χ0) is 11.5. The number of hydrogen-bond acceptors (Lipinski definition) is 4. The van der Waals surface area contributed by atoms with E-state index in [2.05, 4.69) is 31.0 Å².